The van der Waals surface area contributed by atoms with Crippen LogP contribution in [0.4, 0.5) is 0 Å². The van der Waals surface area contributed by atoms with E-state index in [1.165, 1.54) is 0 Å². The lowest BCUT2D eigenvalue weighted by Crippen LogP contribution is -1.93. The van der Waals surface area contributed by atoms with E-state index in [0.717, 1.165) is 17.9 Å². The highest BCUT2D eigenvalue weighted by Crippen LogP contribution is 2.12. The molecule has 0 amide bonds. The van der Waals surface area contributed by atoms with Crippen molar-refractivity contribution >= 4 is 0 Å². The Kier molecular flexibility index (Phi) is 2.49. The van der Waals surface area contributed by atoms with Crippen LogP contribution < -0.4 is 0 Å². The van der Waals surface area contributed by atoms with Gasteiger partial charge in [0.2, 0.25) is 0 Å². The number of nitriles is 1. The van der Waals surface area contributed by atoms with Crippen LogP contribution in [0.25, 0.3) is 0 Å². The second kappa shape index (κ2) is 3.40. The first-order valence-electron chi connectivity index (χ1n) is 4.10. The highest BCUT2D eigenvalue weighted by Gasteiger charge is 2.09. The summed E-state index contributed by atoms with van der Waals surface area (Å²) in [7, 11) is 1.96. The van der Waals surface area contributed by atoms with Crippen molar-refractivity contribution in [1.29, 1.82) is 5.26 Å². The zero-order chi connectivity index (χ0) is 9.14. The molecule has 0 aliphatic heterocycles. The second-order valence-electron chi connectivity index (χ2n) is 2.90. The minimum atomic E-state index is -0.100. The van der Waals surface area contributed by atoms with Gasteiger partial charge in [0.05, 0.1) is 17.7 Å². The molecule has 1 atom stereocenters. The summed E-state index contributed by atoms with van der Waals surface area (Å²) >= 11 is 0. The van der Waals surface area contributed by atoms with E-state index in [4.69, 9.17) is 5.26 Å². The van der Waals surface area contributed by atoms with Crippen LogP contribution in [-0.4, -0.2) is 9.55 Å². The van der Waals surface area contributed by atoms with E-state index in [9.17, 15) is 0 Å². The van der Waals surface area contributed by atoms with Crippen LogP contribution >= 0.6 is 0 Å². The Bertz CT molecular complexity index is 306. The molecule has 0 bridgehead atoms. The zero-order valence-electron chi connectivity index (χ0n) is 7.70. The maximum atomic E-state index is 8.66. The van der Waals surface area contributed by atoms with E-state index in [1.807, 2.05) is 24.7 Å². The molecule has 12 heavy (non-hydrogen) atoms. The summed E-state index contributed by atoms with van der Waals surface area (Å²) in [5, 5.41) is 8.66. The van der Waals surface area contributed by atoms with Crippen molar-refractivity contribution < 1.29 is 0 Å². The number of nitrogens with zero attached hydrogens (tertiary/aromatic N) is 3. The molecule has 0 fully saturated rings. The standard InChI is InChI=1S/C9H13N3/c1-4-9-11-8(6-12(9)3)7(2)5-10/h6-7H,4H2,1-3H3. The molecule has 1 aromatic heterocycles. The molecule has 1 unspecified atom stereocenters. The number of rotatable bonds is 2. The number of aryl methyl sites for hydroxylation is 2. The van der Waals surface area contributed by atoms with Crippen LogP contribution in [0.3, 0.4) is 0 Å². The normalized spacial score (nSPS) is 12.5. The molecule has 0 aliphatic carbocycles. The highest BCUT2D eigenvalue weighted by molar-refractivity contribution is 5.14. The van der Waals surface area contributed by atoms with Gasteiger partial charge in [-0.3, -0.25) is 0 Å². The molecule has 3 heteroatoms. The Balaban J connectivity index is 2.98. The van der Waals surface area contributed by atoms with Gasteiger partial charge in [-0.1, -0.05) is 6.92 Å². The van der Waals surface area contributed by atoms with Crippen molar-refractivity contribution in [1.82, 2.24) is 9.55 Å². The van der Waals surface area contributed by atoms with Crippen LogP contribution in [0.5, 0.6) is 0 Å². The fourth-order valence-corrected chi connectivity index (χ4v) is 1.13. The maximum absolute atomic E-state index is 8.66. The van der Waals surface area contributed by atoms with Crippen LogP contribution in [0.2, 0.25) is 0 Å². The highest BCUT2D eigenvalue weighted by atomic mass is 15.0. The summed E-state index contributed by atoms with van der Waals surface area (Å²) in [6, 6.07) is 2.17. The molecule has 0 spiro atoms. The van der Waals surface area contributed by atoms with E-state index in [0.29, 0.717) is 0 Å². The fraction of sp³-hybridized carbons (Fsp3) is 0.556. The first kappa shape index (κ1) is 8.79. The first-order chi connectivity index (χ1) is 5.69. The zero-order valence-corrected chi connectivity index (χ0v) is 7.70. The summed E-state index contributed by atoms with van der Waals surface area (Å²) in [6.07, 6.45) is 2.83. The van der Waals surface area contributed by atoms with Crippen LogP contribution in [0.1, 0.15) is 31.3 Å². The van der Waals surface area contributed by atoms with Crippen molar-refractivity contribution in [2.24, 2.45) is 7.05 Å². The lowest BCUT2D eigenvalue weighted by Gasteiger charge is -1.92. The quantitative estimate of drug-likeness (QED) is 0.664. The molecule has 0 radical (unpaired) electrons. The van der Waals surface area contributed by atoms with Gasteiger partial charge in [0, 0.05) is 19.7 Å². The number of aromatic nitrogens is 2. The van der Waals surface area contributed by atoms with Gasteiger partial charge in [-0.25, -0.2) is 4.98 Å². The smallest absolute Gasteiger partial charge is 0.108 e. The number of hydrogen-bond donors (Lipinski definition) is 0. The van der Waals surface area contributed by atoms with Gasteiger partial charge in [0.25, 0.3) is 0 Å². The SMILES string of the molecule is CCc1nc(C(C)C#N)cn1C. The molecule has 0 N–H and O–H groups in total. The maximum Gasteiger partial charge on any atom is 0.108 e. The van der Waals surface area contributed by atoms with Crippen molar-refractivity contribution in [2.75, 3.05) is 0 Å². The third-order valence-corrected chi connectivity index (χ3v) is 1.94. The Morgan fingerprint density at radius 1 is 1.75 bits per heavy atom. The lowest BCUT2D eigenvalue weighted by molar-refractivity contribution is 0.807. The molecule has 1 rings (SSSR count). The number of imidazole rings is 1. The fourth-order valence-electron chi connectivity index (χ4n) is 1.13. The van der Waals surface area contributed by atoms with Crippen LogP contribution in [-0.2, 0) is 13.5 Å². The molecule has 0 aromatic carbocycles. The van der Waals surface area contributed by atoms with Crippen molar-refractivity contribution in [2.45, 2.75) is 26.2 Å². The van der Waals surface area contributed by atoms with Crippen molar-refractivity contribution in [3.05, 3.63) is 17.7 Å². The number of hydrogen-bond acceptors (Lipinski definition) is 2. The summed E-state index contributed by atoms with van der Waals surface area (Å²) < 4.78 is 1.98. The molecular formula is C9H13N3. The topological polar surface area (TPSA) is 41.6 Å². The van der Waals surface area contributed by atoms with Crippen LogP contribution in [0.15, 0.2) is 6.20 Å². The summed E-state index contributed by atoms with van der Waals surface area (Å²) in [5.41, 5.74) is 0.872. The van der Waals surface area contributed by atoms with E-state index in [-0.39, 0.29) is 5.92 Å². The third kappa shape index (κ3) is 1.48. The van der Waals surface area contributed by atoms with E-state index in [2.05, 4.69) is 18.0 Å². The molecule has 0 saturated heterocycles. The molecule has 3 nitrogen and oxygen atoms in total. The monoisotopic (exact) mass is 163 g/mol. The minimum Gasteiger partial charge on any atom is -0.338 e. The largest absolute Gasteiger partial charge is 0.338 e. The van der Waals surface area contributed by atoms with E-state index in [1.54, 1.807) is 0 Å². The van der Waals surface area contributed by atoms with E-state index >= 15 is 0 Å². The minimum absolute atomic E-state index is 0.100. The average Bonchev–Trinajstić information content (AvgIpc) is 2.45. The molecule has 1 aromatic rings. The van der Waals surface area contributed by atoms with Gasteiger partial charge in [-0.15, -0.1) is 0 Å². The van der Waals surface area contributed by atoms with Crippen molar-refractivity contribution in [3.8, 4) is 6.07 Å². The van der Waals surface area contributed by atoms with Gasteiger partial charge < -0.3 is 4.57 Å². The second-order valence-corrected chi connectivity index (χ2v) is 2.90. The summed E-state index contributed by atoms with van der Waals surface area (Å²) in [5.74, 6) is 0.934. The van der Waals surface area contributed by atoms with Gasteiger partial charge in [0.1, 0.15) is 5.82 Å². The summed E-state index contributed by atoms with van der Waals surface area (Å²) in [4.78, 5) is 4.34. The Labute approximate surface area is 72.7 Å². The molecule has 0 saturated carbocycles. The van der Waals surface area contributed by atoms with Crippen LogP contribution in [0, 0.1) is 11.3 Å². The third-order valence-electron chi connectivity index (χ3n) is 1.94. The molecule has 0 aliphatic rings. The van der Waals surface area contributed by atoms with Gasteiger partial charge in [-0.2, -0.15) is 5.26 Å². The predicted molar refractivity (Wildman–Crippen MR) is 46.6 cm³/mol. The Morgan fingerprint density at radius 2 is 2.42 bits per heavy atom. The molecule has 1 heterocycles. The predicted octanol–water partition coefficient (Wildman–Crippen LogP) is 1.61. The van der Waals surface area contributed by atoms with Gasteiger partial charge >= 0.3 is 0 Å². The lowest BCUT2D eigenvalue weighted by atomic mass is 10.1. The van der Waals surface area contributed by atoms with Crippen molar-refractivity contribution in [3.63, 3.8) is 0 Å². The first-order valence-corrected chi connectivity index (χ1v) is 4.10. The molecule has 64 valence electrons. The van der Waals surface area contributed by atoms with Gasteiger partial charge in [0.15, 0.2) is 0 Å². The Morgan fingerprint density at radius 3 is 2.83 bits per heavy atom. The summed E-state index contributed by atoms with van der Waals surface area (Å²) in [6.45, 7) is 3.92. The van der Waals surface area contributed by atoms with Gasteiger partial charge in [-0.05, 0) is 6.92 Å². The van der Waals surface area contributed by atoms with E-state index < -0.39 is 0 Å². The average molecular weight is 163 g/mol. The Hall–Kier alpha value is -1.30. The molecular weight excluding hydrogens is 150 g/mol.